The Kier molecular flexibility index (Phi) is 3.36. The molecule has 0 fully saturated rings. The predicted molar refractivity (Wildman–Crippen MR) is 69.1 cm³/mol. The first-order valence-electron chi connectivity index (χ1n) is 5.74. The van der Waals surface area contributed by atoms with E-state index < -0.39 is 0 Å². The van der Waals surface area contributed by atoms with Gasteiger partial charge in [-0.25, -0.2) is 0 Å². The highest BCUT2D eigenvalue weighted by atomic mass is 16.1. The predicted octanol–water partition coefficient (Wildman–Crippen LogP) is 0.313. The molecule has 6 nitrogen and oxygen atoms in total. The summed E-state index contributed by atoms with van der Waals surface area (Å²) in [5.41, 5.74) is 7.89. The van der Waals surface area contributed by atoms with Crippen LogP contribution in [0, 0.1) is 0 Å². The molecular weight excluding hydrogens is 230 g/mol. The largest absolute Gasteiger partial charge is 0.397 e. The summed E-state index contributed by atoms with van der Waals surface area (Å²) >= 11 is 0. The number of amides is 1. The standard InChI is InChI=1S/C12H17N5O/c1-16-8-10(13)5-11(16)12(18)14-4-3-9-6-15-17(2)7-9/h5-8H,3-4,13H2,1-2H3,(H,14,18). The highest BCUT2D eigenvalue weighted by Gasteiger charge is 2.10. The number of carbonyl (C=O) groups excluding carboxylic acids is 1. The molecule has 3 N–H and O–H groups in total. The van der Waals surface area contributed by atoms with Gasteiger partial charge < -0.3 is 15.6 Å². The number of anilines is 1. The number of aryl methyl sites for hydroxylation is 2. The van der Waals surface area contributed by atoms with Crippen molar-refractivity contribution in [2.75, 3.05) is 12.3 Å². The van der Waals surface area contributed by atoms with Crippen LogP contribution in [0.1, 0.15) is 16.1 Å². The molecule has 0 aliphatic heterocycles. The Balaban J connectivity index is 1.87. The van der Waals surface area contributed by atoms with Gasteiger partial charge in [-0.15, -0.1) is 0 Å². The third-order valence-corrected chi connectivity index (χ3v) is 2.72. The Hall–Kier alpha value is -2.24. The molecule has 1 amide bonds. The minimum Gasteiger partial charge on any atom is -0.397 e. The SMILES string of the molecule is Cn1cc(CCNC(=O)c2cc(N)cn2C)cn1. The van der Waals surface area contributed by atoms with Gasteiger partial charge in [0.05, 0.1) is 11.9 Å². The fraction of sp³-hybridized carbons (Fsp3) is 0.333. The average molecular weight is 247 g/mol. The smallest absolute Gasteiger partial charge is 0.267 e. The Labute approximate surface area is 105 Å². The van der Waals surface area contributed by atoms with Gasteiger partial charge in [-0.05, 0) is 18.1 Å². The van der Waals surface area contributed by atoms with E-state index in [9.17, 15) is 4.79 Å². The molecule has 0 spiro atoms. The maximum Gasteiger partial charge on any atom is 0.267 e. The quantitative estimate of drug-likeness (QED) is 0.816. The van der Waals surface area contributed by atoms with Gasteiger partial charge >= 0.3 is 0 Å². The topological polar surface area (TPSA) is 77.9 Å². The highest BCUT2D eigenvalue weighted by Crippen LogP contribution is 2.08. The number of nitrogens with zero attached hydrogens (tertiary/aromatic N) is 3. The Bertz CT molecular complexity index is 555. The lowest BCUT2D eigenvalue weighted by molar-refractivity contribution is 0.0946. The monoisotopic (exact) mass is 247 g/mol. The summed E-state index contributed by atoms with van der Waals surface area (Å²) < 4.78 is 3.46. The third-order valence-electron chi connectivity index (χ3n) is 2.72. The van der Waals surface area contributed by atoms with Crippen LogP contribution in [0.25, 0.3) is 0 Å². The van der Waals surface area contributed by atoms with Gasteiger partial charge in [0.15, 0.2) is 0 Å². The lowest BCUT2D eigenvalue weighted by atomic mass is 10.2. The molecule has 0 atom stereocenters. The van der Waals surface area contributed by atoms with E-state index >= 15 is 0 Å². The van der Waals surface area contributed by atoms with Crippen molar-refractivity contribution in [3.8, 4) is 0 Å². The molecule has 2 rings (SSSR count). The molecule has 2 aromatic heterocycles. The molecule has 96 valence electrons. The number of aromatic nitrogens is 3. The molecule has 6 heteroatoms. The van der Waals surface area contributed by atoms with Gasteiger partial charge in [0, 0.05) is 33.0 Å². The van der Waals surface area contributed by atoms with Crippen LogP contribution in [0.2, 0.25) is 0 Å². The fourth-order valence-electron chi connectivity index (χ4n) is 1.83. The molecule has 0 saturated heterocycles. The maximum absolute atomic E-state index is 11.9. The van der Waals surface area contributed by atoms with Gasteiger partial charge in [0.25, 0.3) is 5.91 Å². The number of nitrogens with one attached hydrogen (secondary N) is 1. The van der Waals surface area contributed by atoms with Crippen molar-refractivity contribution in [3.63, 3.8) is 0 Å². The number of carbonyl (C=O) groups is 1. The number of hydrogen-bond acceptors (Lipinski definition) is 3. The van der Waals surface area contributed by atoms with E-state index in [2.05, 4.69) is 10.4 Å². The van der Waals surface area contributed by atoms with Crippen LogP contribution in [0.4, 0.5) is 5.69 Å². The molecule has 0 aromatic carbocycles. The van der Waals surface area contributed by atoms with E-state index in [0.717, 1.165) is 12.0 Å². The number of hydrogen-bond donors (Lipinski definition) is 2. The first-order chi connectivity index (χ1) is 8.56. The van der Waals surface area contributed by atoms with Crippen molar-refractivity contribution in [3.05, 3.63) is 35.9 Å². The fourth-order valence-corrected chi connectivity index (χ4v) is 1.83. The zero-order valence-corrected chi connectivity index (χ0v) is 10.6. The van der Waals surface area contributed by atoms with Crippen LogP contribution < -0.4 is 11.1 Å². The summed E-state index contributed by atoms with van der Waals surface area (Å²) in [5.74, 6) is -0.113. The zero-order chi connectivity index (χ0) is 13.1. The molecule has 2 aromatic rings. The second-order valence-electron chi connectivity index (χ2n) is 4.30. The summed E-state index contributed by atoms with van der Waals surface area (Å²) in [6.07, 6.45) is 6.22. The molecule has 18 heavy (non-hydrogen) atoms. The summed E-state index contributed by atoms with van der Waals surface area (Å²) in [5, 5.41) is 6.93. The van der Waals surface area contributed by atoms with E-state index in [1.165, 1.54) is 0 Å². The number of nitrogen functional groups attached to an aromatic ring is 1. The van der Waals surface area contributed by atoms with Crippen LogP contribution in [0.5, 0.6) is 0 Å². The lowest BCUT2D eigenvalue weighted by Crippen LogP contribution is -2.27. The highest BCUT2D eigenvalue weighted by molar-refractivity contribution is 5.93. The van der Waals surface area contributed by atoms with Crippen molar-refractivity contribution in [2.24, 2.45) is 14.1 Å². The first-order valence-corrected chi connectivity index (χ1v) is 5.74. The van der Waals surface area contributed by atoms with Crippen molar-refractivity contribution >= 4 is 11.6 Å². The summed E-state index contributed by atoms with van der Waals surface area (Å²) in [6.45, 7) is 0.579. The normalized spacial score (nSPS) is 10.6. The van der Waals surface area contributed by atoms with Crippen molar-refractivity contribution < 1.29 is 4.79 Å². The molecule has 0 bridgehead atoms. The molecular formula is C12H17N5O. The van der Waals surface area contributed by atoms with E-state index in [1.807, 2.05) is 13.2 Å². The van der Waals surface area contributed by atoms with Gasteiger partial charge in [0.1, 0.15) is 5.69 Å². The maximum atomic E-state index is 11.9. The van der Waals surface area contributed by atoms with Gasteiger partial charge in [-0.3, -0.25) is 9.48 Å². The Morgan fingerprint density at radius 3 is 2.78 bits per heavy atom. The summed E-state index contributed by atoms with van der Waals surface area (Å²) in [7, 11) is 3.67. The van der Waals surface area contributed by atoms with Gasteiger partial charge in [0.2, 0.25) is 0 Å². The second kappa shape index (κ2) is 4.95. The zero-order valence-electron chi connectivity index (χ0n) is 10.6. The minimum absolute atomic E-state index is 0.113. The molecule has 0 radical (unpaired) electrons. The number of nitrogens with two attached hydrogens (primary N) is 1. The van der Waals surface area contributed by atoms with Crippen LogP contribution in [-0.2, 0) is 20.5 Å². The summed E-state index contributed by atoms with van der Waals surface area (Å²) in [6, 6.07) is 1.67. The minimum atomic E-state index is -0.113. The second-order valence-corrected chi connectivity index (χ2v) is 4.30. The summed E-state index contributed by atoms with van der Waals surface area (Å²) in [4.78, 5) is 11.9. The van der Waals surface area contributed by atoms with Crippen molar-refractivity contribution in [1.29, 1.82) is 0 Å². The third kappa shape index (κ3) is 2.71. The van der Waals surface area contributed by atoms with E-state index in [-0.39, 0.29) is 5.91 Å². The Morgan fingerprint density at radius 1 is 1.44 bits per heavy atom. The van der Waals surface area contributed by atoms with E-state index in [1.54, 1.807) is 34.8 Å². The molecule has 0 aliphatic carbocycles. The van der Waals surface area contributed by atoms with Crippen molar-refractivity contribution in [1.82, 2.24) is 19.7 Å². The van der Waals surface area contributed by atoms with Crippen molar-refractivity contribution in [2.45, 2.75) is 6.42 Å². The van der Waals surface area contributed by atoms with Crippen LogP contribution >= 0.6 is 0 Å². The molecule has 0 saturated carbocycles. The Morgan fingerprint density at radius 2 is 2.22 bits per heavy atom. The molecule has 0 unspecified atom stereocenters. The average Bonchev–Trinajstić information content (AvgIpc) is 2.85. The lowest BCUT2D eigenvalue weighted by Gasteiger charge is -2.04. The van der Waals surface area contributed by atoms with Gasteiger partial charge in [-0.1, -0.05) is 0 Å². The van der Waals surface area contributed by atoms with Crippen LogP contribution in [0.15, 0.2) is 24.7 Å². The molecule has 2 heterocycles. The molecule has 0 aliphatic rings. The number of rotatable bonds is 4. The van der Waals surface area contributed by atoms with E-state index in [4.69, 9.17) is 5.73 Å². The first kappa shape index (κ1) is 12.2. The van der Waals surface area contributed by atoms with Crippen LogP contribution in [-0.4, -0.2) is 26.8 Å². The van der Waals surface area contributed by atoms with E-state index in [0.29, 0.717) is 17.9 Å². The van der Waals surface area contributed by atoms with Gasteiger partial charge in [-0.2, -0.15) is 5.10 Å². The van der Waals surface area contributed by atoms with Crippen LogP contribution in [0.3, 0.4) is 0 Å².